The zero-order valence-corrected chi connectivity index (χ0v) is 38.3. The summed E-state index contributed by atoms with van der Waals surface area (Å²) in [6.07, 6.45) is -11.1. The number of hydrogen-bond acceptors (Lipinski definition) is 17. The minimum atomic E-state index is -1.81. The van der Waals surface area contributed by atoms with Gasteiger partial charge in [0.1, 0.15) is 72.2 Å². The Morgan fingerprint density at radius 2 is 1.36 bits per heavy atom. The maximum Gasteiger partial charge on any atom is 0.317 e. The van der Waals surface area contributed by atoms with E-state index in [2.05, 4.69) is 46.8 Å². The van der Waals surface area contributed by atoms with Crippen molar-refractivity contribution in [1.82, 2.24) is 0 Å². The zero-order valence-electron chi connectivity index (χ0n) is 38.3. The average molecular weight is 909 g/mol. The predicted octanol–water partition coefficient (Wildman–Crippen LogP) is 0.859. The fourth-order valence-corrected chi connectivity index (χ4v) is 14.7. The van der Waals surface area contributed by atoms with E-state index >= 15 is 0 Å². The third kappa shape index (κ3) is 6.46. The lowest BCUT2D eigenvalue weighted by Crippen LogP contribution is -2.71. The Kier molecular flexibility index (Phi) is 11.6. The molecule has 23 atom stereocenters. The summed E-state index contributed by atoms with van der Waals surface area (Å²) in [7, 11) is 0. The van der Waals surface area contributed by atoms with Crippen LogP contribution in [0.2, 0.25) is 0 Å². The van der Waals surface area contributed by atoms with Crippen molar-refractivity contribution in [1.29, 1.82) is 0 Å². The van der Waals surface area contributed by atoms with Gasteiger partial charge >= 0.3 is 5.97 Å². The Morgan fingerprint density at radius 1 is 0.719 bits per heavy atom. The second-order valence-electron chi connectivity index (χ2n) is 22.6. The number of aliphatic hydroxyl groups excluding tert-OH is 8. The third-order valence-corrected chi connectivity index (χ3v) is 19.1. The van der Waals surface area contributed by atoms with E-state index in [4.69, 9.17) is 33.2 Å². The van der Waals surface area contributed by atoms with Crippen LogP contribution in [0, 0.1) is 38.9 Å². The topological polar surface area (TPSA) is 264 Å². The Morgan fingerprint density at radius 3 is 2.03 bits per heavy atom. The largest absolute Gasteiger partial charge is 0.455 e. The van der Waals surface area contributed by atoms with Gasteiger partial charge in [0.25, 0.3) is 0 Å². The number of carbonyl (C=O) groups excluding carboxylic acids is 1. The van der Waals surface area contributed by atoms with Crippen molar-refractivity contribution in [2.45, 2.75) is 210 Å². The summed E-state index contributed by atoms with van der Waals surface area (Å²) in [6, 6.07) is 0. The first-order valence-electron chi connectivity index (χ1n) is 23.5. The van der Waals surface area contributed by atoms with Crippen LogP contribution in [-0.4, -0.2) is 168 Å². The molecule has 362 valence electrons. The molecule has 9 N–H and O–H groups in total. The molecule has 5 saturated heterocycles. The Labute approximate surface area is 374 Å². The van der Waals surface area contributed by atoms with Crippen LogP contribution in [0.4, 0.5) is 0 Å². The van der Waals surface area contributed by atoms with Gasteiger partial charge in [-0.15, -0.1) is 0 Å². The average Bonchev–Trinajstić information content (AvgIpc) is 3.23. The maximum atomic E-state index is 13.8. The third-order valence-electron chi connectivity index (χ3n) is 19.1. The first kappa shape index (κ1) is 47.4. The van der Waals surface area contributed by atoms with Crippen LogP contribution in [0.5, 0.6) is 0 Å². The molecule has 2 bridgehead atoms. The summed E-state index contributed by atoms with van der Waals surface area (Å²) < 4.78 is 43.1. The summed E-state index contributed by atoms with van der Waals surface area (Å²) in [4.78, 5) is 13.8. The normalized spacial score (nSPS) is 56.7. The van der Waals surface area contributed by atoms with E-state index in [1.165, 1.54) is 6.92 Å². The van der Waals surface area contributed by atoms with Crippen molar-refractivity contribution in [2.24, 2.45) is 38.9 Å². The molecule has 64 heavy (non-hydrogen) atoms. The molecule has 17 heteroatoms. The van der Waals surface area contributed by atoms with Gasteiger partial charge in [-0.3, -0.25) is 4.79 Å². The number of rotatable bonds is 7. The second kappa shape index (κ2) is 15.7. The summed E-state index contributed by atoms with van der Waals surface area (Å²) in [6.45, 7) is 15.7. The molecular formula is C47H72O17. The van der Waals surface area contributed by atoms with Crippen LogP contribution >= 0.6 is 0 Å². The van der Waals surface area contributed by atoms with Gasteiger partial charge in [-0.1, -0.05) is 46.8 Å². The van der Waals surface area contributed by atoms with Gasteiger partial charge in [-0.05, 0) is 117 Å². The summed E-state index contributed by atoms with van der Waals surface area (Å²) in [5.74, 6) is 0.0865. The number of allylic oxidation sites excluding steroid dienone is 3. The van der Waals surface area contributed by atoms with Crippen LogP contribution < -0.4 is 0 Å². The molecule has 3 saturated carbocycles. The predicted molar refractivity (Wildman–Crippen MR) is 222 cm³/mol. The lowest BCUT2D eigenvalue weighted by Gasteiger charge is -2.71. The number of esters is 1. The Bertz CT molecular complexity index is 1890. The second-order valence-corrected chi connectivity index (χ2v) is 22.6. The minimum absolute atomic E-state index is 0.146. The lowest BCUT2D eigenvalue weighted by atomic mass is 9.35. The lowest BCUT2D eigenvalue weighted by molar-refractivity contribution is -0.388. The van der Waals surface area contributed by atoms with Crippen LogP contribution in [0.1, 0.15) is 107 Å². The van der Waals surface area contributed by atoms with E-state index in [9.17, 15) is 50.8 Å². The Balaban J connectivity index is 1.01. The molecule has 0 unspecified atom stereocenters. The van der Waals surface area contributed by atoms with Gasteiger partial charge in [-0.2, -0.15) is 0 Å². The zero-order chi connectivity index (χ0) is 46.5. The number of hydrogen-bond donors (Lipinski definition) is 9. The standard InChI is InChI=1S/C47H72O17/c1-21-28(50)30(52)32(54)37(59-21)63-35-34(62-38-33(55)31(53)29(51)24(19-48)60-38)23(49)20-58-39(35)61-27-12-13-42(4)25(41(27,2)3)11-14-44(6)26(42)10-9-22-36-46(8,57)45(7)16-18-47(36,40(56)64-45)17-15-43(22,44)5/h9-10,21,23-35,37-39,48-55,57H,11-20H2,1-8H3/t21-,23+,24+,25+,26-,27-,28-,29+,30+,31-,32-,33+,34+,35+,37-,38-,39-,42-,43+,44-,45-,46+,47+/m1/s1. The molecule has 0 aromatic rings. The fraction of sp³-hybridized carbons (Fsp3) is 0.894. The van der Waals surface area contributed by atoms with E-state index in [-0.39, 0.29) is 40.7 Å². The van der Waals surface area contributed by atoms with Crippen molar-refractivity contribution >= 4 is 5.97 Å². The monoisotopic (exact) mass is 908 g/mol. The smallest absolute Gasteiger partial charge is 0.317 e. The Hall–Kier alpha value is -1.65. The molecule has 0 aromatic carbocycles. The van der Waals surface area contributed by atoms with Crippen molar-refractivity contribution in [3.05, 3.63) is 23.3 Å². The molecule has 1 spiro atoms. The van der Waals surface area contributed by atoms with Gasteiger partial charge < -0.3 is 79.1 Å². The molecule has 8 fully saturated rings. The van der Waals surface area contributed by atoms with E-state index in [0.29, 0.717) is 25.7 Å². The van der Waals surface area contributed by atoms with Crippen LogP contribution in [-0.2, 0) is 38.0 Å². The highest BCUT2D eigenvalue weighted by atomic mass is 16.8. The van der Waals surface area contributed by atoms with Crippen molar-refractivity contribution in [3.63, 3.8) is 0 Å². The molecule has 5 aliphatic carbocycles. The van der Waals surface area contributed by atoms with Gasteiger partial charge in [-0.25, -0.2) is 0 Å². The van der Waals surface area contributed by atoms with E-state index in [1.54, 1.807) is 0 Å². The van der Waals surface area contributed by atoms with Gasteiger partial charge in [0.05, 0.1) is 30.8 Å². The molecule has 17 nitrogen and oxygen atoms in total. The molecule has 5 aliphatic heterocycles. The van der Waals surface area contributed by atoms with E-state index < -0.39 is 121 Å². The van der Waals surface area contributed by atoms with E-state index in [1.807, 2.05) is 13.8 Å². The first-order chi connectivity index (χ1) is 29.8. The molecule has 5 heterocycles. The number of carbonyl (C=O) groups is 1. The highest BCUT2D eigenvalue weighted by molar-refractivity contribution is 5.86. The van der Waals surface area contributed by atoms with Crippen molar-refractivity contribution in [3.8, 4) is 0 Å². The SMILES string of the molecule is C[C@H]1O[C@H](O[C@@H]2[C@@H](O[C@@H]3CC[C@@]4(C)[C@H]5C=CC6=C7[C@@]8(CC[C@@](C)(OC8=O)[C@@]7(C)O)CC[C@]6(C)[C@]5(C)CC[C@H]4C3(C)C)OC[C@H](O)[C@@H]2O[C@H]2O[C@@H](CO)[C@H](O)[C@@H](O)[C@@H]2O)[C@H](O)[C@@H](O)[C@@H]1O. The minimum Gasteiger partial charge on any atom is -0.455 e. The van der Waals surface area contributed by atoms with Gasteiger partial charge in [0.15, 0.2) is 18.9 Å². The van der Waals surface area contributed by atoms with Crippen molar-refractivity contribution in [2.75, 3.05) is 13.2 Å². The molecule has 0 amide bonds. The molecule has 0 radical (unpaired) electrons. The number of aliphatic hydroxyl groups is 9. The molecule has 10 aliphatic rings. The quantitative estimate of drug-likeness (QED) is 0.127. The molecular weight excluding hydrogens is 837 g/mol. The van der Waals surface area contributed by atoms with Gasteiger partial charge in [0.2, 0.25) is 0 Å². The maximum absolute atomic E-state index is 13.8. The summed E-state index contributed by atoms with van der Waals surface area (Å²) in [5, 5.41) is 97.7. The highest BCUT2D eigenvalue weighted by Gasteiger charge is 2.73. The van der Waals surface area contributed by atoms with Crippen LogP contribution in [0.15, 0.2) is 23.3 Å². The molecule has 0 aromatic heterocycles. The molecule has 10 rings (SSSR count). The van der Waals surface area contributed by atoms with Crippen LogP contribution in [0.3, 0.4) is 0 Å². The summed E-state index contributed by atoms with van der Waals surface area (Å²) in [5.41, 5.74) is -2.36. The van der Waals surface area contributed by atoms with Gasteiger partial charge in [0, 0.05) is 0 Å². The first-order valence-corrected chi connectivity index (χ1v) is 23.5. The fourth-order valence-electron chi connectivity index (χ4n) is 14.7. The summed E-state index contributed by atoms with van der Waals surface area (Å²) >= 11 is 0. The highest BCUT2D eigenvalue weighted by Crippen LogP contribution is 2.75. The van der Waals surface area contributed by atoms with E-state index in [0.717, 1.165) is 36.8 Å². The number of ether oxygens (including phenoxy) is 7. The van der Waals surface area contributed by atoms with Crippen molar-refractivity contribution < 1.29 is 83.9 Å². The van der Waals surface area contributed by atoms with Crippen LogP contribution in [0.25, 0.3) is 0 Å². The number of fused-ring (bicyclic) bond motifs is 7.